The fourth-order valence-electron chi connectivity index (χ4n) is 2.32. The Balaban J connectivity index is 1.84. The molecule has 0 aliphatic carbocycles. The maximum absolute atomic E-state index is 11.6. The van der Waals surface area contributed by atoms with Crippen LogP contribution in [0.3, 0.4) is 0 Å². The van der Waals surface area contributed by atoms with Crippen molar-refractivity contribution in [2.24, 2.45) is 4.99 Å². The Morgan fingerprint density at radius 1 is 1.22 bits per heavy atom. The van der Waals surface area contributed by atoms with Gasteiger partial charge < -0.3 is 14.8 Å². The third-order valence-electron chi connectivity index (χ3n) is 3.45. The van der Waals surface area contributed by atoms with Gasteiger partial charge in [0.15, 0.2) is 5.88 Å². The third kappa shape index (κ3) is 3.08. The van der Waals surface area contributed by atoms with Crippen molar-refractivity contribution in [3.05, 3.63) is 59.7 Å². The number of carbonyl (C=O) groups excluding carboxylic acids is 1. The summed E-state index contributed by atoms with van der Waals surface area (Å²) in [5, 5.41) is 10.9. The Kier molecular flexibility index (Phi) is 4.10. The first-order valence-corrected chi connectivity index (χ1v) is 7.30. The highest BCUT2D eigenvalue weighted by molar-refractivity contribution is 6.02. The van der Waals surface area contributed by atoms with Crippen LogP contribution in [0, 0.1) is 0 Å². The van der Waals surface area contributed by atoms with Gasteiger partial charge >= 0.3 is 5.97 Å². The molecule has 0 saturated carbocycles. The van der Waals surface area contributed by atoms with Crippen LogP contribution in [0.1, 0.15) is 22.8 Å². The molecule has 5 heteroatoms. The number of para-hydroxylation sites is 1. The van der Waals surface area contributed by atoms with Crippen molar-refractivity contribution >= 4 is 28.8 Å². The molecule has 0 aliphatic heterocycles. The normalized spacial score (nSPS) is 11.2. The molecular formula is C18H16N2O3. The molecule has 0 aliphatic rings. The molecule has 3 rings (SSSR count). The molecule has 5 nitrogen and oxygen atoms in total. The van der Waals surface area contributed by atoms with Crippen LogP contribution in [0.5, 0.6) is 5.88 Å². The summed E-state index contributed by atoms with van der Waals surface area (Å²) in [5.41, 5.74) is 2.66. The highest BCUT2D eigenvalue weighted by atomic mass is 16.5. The fourth-order valence-corrected chi connectivity index (χ4v) is 2.32. The van der Waals surface area contributed by atoms with E-state index in [1.165, 1.54) is 0 Å². The molecule has 1 aromatic heterocycles. The lowest BCUT2D eigenvalue weighted by molar-refractivity contribution is 0.0526. The van der Waals surface area contributed by atoms with E-state index in [0.29, 0.717) is 23.4 Å². The second-order valence-electron chi connectivity index (χ2n) is 4.96. The number of carbonyl (C=O) groups is 1. The largest absolute Gasteiger partial charge is 0.494 e. The van der Waals surface area contributed by atoms with Gasteiger partial charge in [0.2, 0.25) is 0 Å². The minimum atomic E-state index is -0.350. The first-order chi connectivity index (χ1) is 11.2. The van der Waals surface area contributed by atoms with Crippen molar-refractivity contribution in [3.63, 3.8) is 0 Å². The topological polar surface area (TPSA) is 74.7 Å². The molecule has 23 heavy (non-hydrogen) atoms. The SMILES string of the molecule is CCOC(=O)c1ccc(N=Cc2c(O)[nH]c3ccccc23)cc1. The van der Waals surface area contributed by atoms with Gasteiger partial charge in [-0.15, -0.1) is 0 Å². The second-order valence-corrected chi connectivity index (χ2v) is 4.96. The third-order valence-corrected chi connectivity index (χ3v) is 3.45. The number of aliphatic imine (C=N–C) groups is 1. The number of benzene rings is 2. The summed E-state index contributed by atoms with van der Waals surface area (Å²) < 4.78 is 4.94. The van der Waals surface area contributed by atoms with E-state index in [1.54, 1.807) is 37.4 Å². The summed E-state index contributed by atoms with van der Waals surface area (Å²) in [5.74, 6) is -0.268. The molecule has 2 aromatic carbocycles. The summed E-state index contributed by atoms with van der Waals surface area (Å²) in [6, 6.07) is 14.4. The van der Waals surface area contributed by atoms with Gasteiger partial charge in [0.05, 0.1) is 23.4 Å². The van der Waals surface area contributed by atoms with E-state index in [9.17, 15) is 9.90 Å². The van der Waals surface area contributed by atoms with E-state index >= 15 is 0 Å². The van der Waals surface area contributed by atoms with E-state index in [1.807, 2.05) is 24.3 Å². The summed E-state index contributed by atoms with van der Waals surface area (Å²) >= 11 is 0. The lowest BCUT2D eigenvalue weighted by atomic mass is 10.2. The Morgan fingerprint density at radius 2 is 1.96 bits per heavy atom. The number of aromatic hydroxyl groups is 1. The number of nitrogens with zero attached hydrogens (tertiary/aromatic N) is 1. The van der Waals surface area contributed by atoms with E-state index in [4.69, 9.17) is 4.74 Å². The number of ether oxygens (including phenoxy) is 1. The highest BCUT2D eigenvalue weighted by Gasteiger charge is 2.08. The van der Waals surface area contributed by atoms with Crippen molar-refractivity contribution in [3.8, 4) is 5.88 Å². The van der Waals surface area contributed by atoms with E-state index < -0.39 is 0 Å². The molecule has 0 radical (unpaired) electrons. The molecule has 0 fully saturated rings. The zero-order chi connectivity index (χ0) is 16.2. The molecule has 0 amide bonds. The standard InChI is InChI=1S/C18H16N2O3/c1-2-23-18(22)12-7-9-13(10-8-12)19-11-15-14-5-3-4-6-16(14)20-17(15)21/h3-11,20-21H,2H2,1H3. The molecule has 116 valence electrons. The highest BCUT2D eigenvalue weighted by Crippen LogP contribution is 2.26. The van der Waals surface area contributed by atoms with Crippen LogP contribution in [0.15, 0.2) is 53.5 Å². The minimum absolute atomic E-state index is 0.0816. The number of hydrogen-bond donors (Lipinski definition) is 2. The van der Waals surface area contributed by atoms with Gasteiger partial charge in [-0.3, -0.25) is 4.99 Å². The molecular weight excluding hydrogens is 292 g/mol. The Morgan fingerprint density at radius 3 is 2.70 bits per heavy atom. The van der Waals surface area contributed by atoms with Crippen molar-refractivity contribution in [2.45, 2.75) is 6.92 Å². The van der Waals surface area contributed by atoms with Crippen LogP contribution in [0.2, 0.25) is 0 Å². The first kappa shape index (κ1) is 14.8. The average molecular weight is 308 g/mol. The number of nitrogens with one attached hydrogen (secondary N) is 1. The van der Waals surface area contributed by atoms with Crippen LogP contribution in [-0.4, -0.2) is 28.9 Å². The molecule has 0 unspecified atom stereocenters. The summed E-state index contributed by atoms with van der Waals surface area (Å²) in [4.78, 5) is 18.8. The minimum Gasteiger partial charge on any atom is -0.494 e. The number of fused-ring (bicyclic) bond motifs is 1. The van der Waals surface area contributed by atoms with Crippen LogP contribution in [0.25, 0.3) is 10.9 Å². The number of esters is 1. The van der Waals surface area contributed by atoms with Crippen LogP contribution < -0.4 is 0 Å². The van der Waals surface area contributed by atoms with Crippen LogP contribution in [-0.2, 0) is 4.74 Å². The maximum atomic E-state index is 11.6. The molecule has 0 bridgehead atoms. The Hall–Kier alpha value is -3.08. The van der Waals surface area contributed by atoms with E-state index in [2.05, 4.69) is 9.98 Å². The maximum Gasteiger partial charge on any atom is 0.338 e. The molecule has 0 atom stereocenters. The van der Waals surface area contributed by atoms with Gasteiger partial charge in [-0.05, 0) is 37.3 Å². The van der Waals surface area contributed by atoms with Gasteiger partial charge in [-0.25, -0.2) is 4.79 Å². The van der Waals surface area contributed by atoms with Crippen molar-refractivity contribution in [1.82, 2.24) is 4.98 Å². The van der Waals surface area contributed by atoms with Gasteiger partial charge in [0.25, 0.3) is 0 Å². The van der Waals surface area contributed by atoms with Crippen molar-refractivity contribution < 1.29 is 14.6 Å². The van der Waals surface area contributed by atoms with Crippen LogP contribution in [0.4, 0.5) is 5.69 Å². The quantitative estimate of drug-likeness (QED) is 0.568. The number of H-pyrrole nitrogens is 1. The van der Waals surface area contributed by atoms with Crippen molar-refractivity contribution in [1.29, 1.82) is 0 Å². The monoisotopic (exact) mass is 308 g/mol. The zero-order valence-corrected chi connectivity index (χ0v) is 12.6. The summed E-state index contributed by atoms with van der Waals surface area (Å²) in [6.07, 6.45) is 1.60. The average Bonchev–Trinajstić information content (AvgIpc) is 2.89. The summed E-state index contributed by atoms with van der Waals surface area (Å²) in [6.45, 7) is 2.11. The number of hydrogen-bond acceptors (Lipinski definition) is 4. The smallest absolute Gasteiger partial charge is 0.338 e. The molecule has 3 aromatic rings. The number of aromatic nitrogens is 1. The van der Waals surface area contributed by atoms with Gasteiger partial charge in [-0.1, -0.05) is 18.2 Å². The van der Waals surface area contributed by atoms with Crippen LogP contribution >= 0.6 is 0 Å². The zero-order valence-electron chi connectivity index (χ0n) is 12.6. The van der Waals surface area contributed by atoms with Crippen molar-refractivity contribution in [2.75, 3.05) is 6.61 Å². The van der Waals surface area contributed by atoms with Gasteiger partial charge in [-0.2, -0.15) is 0 Å². The predicted octanol–water partition coefficient (Wildman–Crippen LogP) is 3.80. The lowest BCUT2D eigenvalue weighted by Gasteiger charge is -2.01. The lowest BCUT2D eigenvalue weighted by Crippen LogP contribution is -2.03. The first-order valence-electron chi connectivity index (χ1n) is 7.30. The molecule has 0 spiro atoms. The predicted molar refractivity (Wildman–Crippen MR) is 89.6 cm³/mol. The second kappa shape index (κ2) is 6.36. The fraction of sp³-hybridized carbons (Fsp3) is 0.111. The Labute approximate surface area is 133 Å². The molecule has 2 N–H and O–H groups in total. The molecule has 0 saturated heterocycles. The van der Waals surface area contributed by atoms with Gasteiger partial charge in [0, 0.05) is 17.1 Å². The van der Waals surface area contributed by atoms with Gasteiger partial charge in [0.1, 0.15) is 0 Å². The summed E-state index contributed by atoms with van der Waals surface area (Å²) in [7, 11) is 0. The van der Waals surface area contributed by atoms with E-state index in [-0.39, 0.29) is 11.8 Å². The number of aromatic amines is 1. The number of rotatable bonds is 4. The Bertz CT molecular complexity index is 864. The molecule has 1 heterocycles. The van der Waals surface area contributed by atoms with E-state index in [0.717, 1.165) is 10.9 Å².